The minimum atomic E-state index is -0.480. The predicted octanol–water partition coefficient (Wildman–Crippen LogP) is 3.74. The lowest BCUT2D eigenvalue weighted by atomic mass is 10.2. The van der Waals surface area contributed by atoms with Gasteiger partial charge < -0.3 is 11.1 Å². The maximum atomic E-state index is 12.3. The van der Waals surface area contributed by atoms with E-state index >= 15 is 0 Å². The normalized spacial score (nSPS) is 10.7. The van der Waals surface area contributed by atoms with Crippen molar-refractivity contribution < 1.29 is 4.79 Å². The smallest absolute Gasteiger partial charge is 0.276 e. The Labute approximate surface area is 132 Å². The van der Waals surface area contributed by atoms with Crippen LogP contribution in [0.4, 0.5) is 11.4 Å². The van der Waals surface area contributed by atoms with Gasteiger partial charge in [0.2, 0.25) is 0 Å². The summed E-state index contributed by atoms with van der Waals surface area (Å²) < 4.78 is 0. The first-order valence-corrected chi connectivity index (χ1v) is 7.03. The van der Waals surface area contributed by atoms with Crippen molar-refractivity contribution in [2.45, 2.75) is 19.8 Å². The fourth-order valence-corrected chi connectivity index (χ4v) is 2.15. The number of anilines is 2. The number of hydrogen-bond acceptors (Lipinski definition) is 4. The molecule has 0 saturated heterocycles. The third-order valence-electron chi connectivity index (χ3n) is 2.77. The van der Waals surface area contributed by atoms with Gasteiger partial charge in [-0.15, -0.1) is 0 Å². The Morgan fingerprint density at radius 3 is 2.48 bits per heavy atom. The average Bonchev–Trinajstić information content (AvgIpc) is 2.43. The molecule has 5 nitrogen and oxygen atoms in total. The molecular weight excluding hydrogens is 311 g/mol. The van der Waals surface area contributed by atoms with Gasteiger partial charge in [0.25, 0.3) is 5.91 Å². The fraction of sp³-hybridized carbons (Fsp3) is 0.214. The highest BCUT2D eigenvalue weighted by atomic mass is 35.5. The van der Waals surface area contributed by atoms with Crippen molar-refractivity contribution in [1.82, 2.24) is 9.97 Å². The van der Waals surface area contributed by atoms with Gasteiger partial charge in [-0.2, -0.15) is 0 Å². The third kappa shape index (κ3) is 3.43. The van der Waals surface area contributed by atoms with Crippen LogP contribution in [0.25, 0.3) is 0 Å². The van der Waals surface area contributed by atoms with Crippen molar-refractivity contribution >= 4 is 40.5 Å². The number of halogens is 2. The zero-order valence-electron chi connectivity index (χ0n) is 11.5. The summed E-state index contributed by atoms with van der Waals surface area (Å²) in [6.07, 6.45) is 1.42. The molecular formula is C14H14Cl2N4O. The number of amides is 1. The molecule has 3 N–H and O–H groups in total. The van der Waals surface area contributed by atoms with Crippen molar-refractivity contribution in [1.29, 1.82) is 0 Å². The molecule has 1 amide bonds. The number of aromatic nitrogens is 2. The molecule has 110 valence electrons. The number of nitrogens with one attached hydrogen (secondary N) is 1. The molecule has 0 unspecified atom stereocenters. The van der Waals surface area contributed by atoms with Gasteiger partial charge in [0, 0.05) is 5.92 Å². The van der Waals surface area contributed by atoms with E-state index in [-0.39, 0.29) is 17.3 Å². The van der Waals surface area contributed by atoms with Crippen molar-refractivity contribution in [3.05, 3.63) is 46.0 Å². The first-order chi connectivity index (χ1) is 9.90. The number of hydrogen-bond donors (Lipinski definition) is 2. The number of nitrogen functional groups attached to an aromatic ring is 1. The number of rotatable bonds is 3. The summed E-state index contributed by atoms with van der Waals surface area (Å²) in [7, 11) is 0. The van der Waals surface area contributed by atoms with Crippen LogP contribution in [-0.4, -0.2) is 15.9 Å². The predicted molar refractivity (Wildman–Crippen MR) is 84.9 cm³/mol. The summed E-state index contributed by atoms with van der Waals surface area (Å²) >= 11 is 12.0. The van der Waals surface area contributed by atoms with Crippen molar-refractivity contribution in [2.75, 3.05) is 11.1 Å². The molecule has 0 spiro atoms. The molecule has 1 aromatic heterocycles. The molecule has 0 aliphatic carbocycles. The van der Waals surface area contributed by atoms with E-state index in [0.29, 0.717) is 21.6 Å². The number of para-hydroxylation sites is 1. The van der Waals surface area contributed by atoms with Crippen LogP contribution in [-0.2, 0) is 0 Å². The molecule has 0 aliphatic heterocycles. The van der Waals surface area contributed by atoms with E-state index < -0.39 is 5.91 Å². The molecule has 0 aliphatic rings. The molecule has 0 fully saturated rings. The van der Waals surface area contributed by atoms with E-state index in [0.717, 1.165) is 0 Å². The van der Waals surface area contributed by atoms with E-state index in [1.165, 1.54) is 6.20 Å². The monoisotopic (exact) mass is 324 g/mol. The highest BCUT2D eigenvalue weighted by molar-refractivity contribution is 6.40. The van der Waals surface area contributed by atoms with Crippen molar-refractivity contribution in [3.63, 3.8) is 0 Å². The summed E-state index contributed by atoms with van der Waals surface area (Å²) in [4.78, 5) is 20.6. The Bertz CT molecular complexity index is 668. The molecule has 0 bridgehead atoms. The van der Waals surface area contributed by atoms with Gasteiger partial charge in [-0.1, -0.05) is 43.1 Å². The second kappa shape index (κ2) is 6.28. The van der Waals surface area contributed by atoms with Crippen LogP contribution in [0.15, 0.2) is 24.4 Å². The Balaban J connectivity index is 2.35. The number of benzene rings is 1. The molecule has 0 saturated carbocycles. The second-order valence-corrected chi connectivity index (χ2v) is 5.55. The van der Waals surface area contributed by atoms with Gasteiger partial charge in [0.1, 0.15) is 5.82 Å². The van der Waals surface area contributed by atoms with E-state index in [1.807, 2.05) is 13.8 Å². The molecule has 21 heavy (non-hydrogen) atoms. The summed E-state index contributed by atoms with van der Waals surface area (Å²) in [6.45, 7) is 3.86. The summed E-state index contributed by atoms with van der Waals surface area (Å²) in [5.74, 6) is 0.146. The largest absolute Gasteiger partial charge is 0.396 e. The second-order valence-electron chi connectivity index (χ2n) is 4.74. The highest BCUT2D eigenvalue weighted by Crippen LogP contribution is 2.30. The highest BCUT2D eigenvalue weighted by Gasteiger charge is 2.17. The average molecular weight is 325 g/mol. The van der Waals surface area contributed by atoms with Gasteiger partial charge in [-0.25, -0.2) is 9.97 Å². The van der Waals surface area contributed by atoms with Gasteiger partial charge >= 0.3 is 0 Å². The summed E-state index contributed by atoms with van der Waals surface area (Å²) in [6, 6.07) is 4.95. The summed E-state index contributed by atoms with van der Waals surface area (Å²) in [5, 5.41) is 3.31. The first-order valence-electron chi connectivity index (χ1n) is 6.28. The van der Waals surface area contributed by atoms with E-state index in [4.69, 9.17) is 28.9 Å². The van der Waals surface area contributed by atoms with Crippen LogP contribution in [0.5, 0.6) is 0 Å². The van der Waals surface area contributed by atoms with Crippen LogP contribution in [0, 0.1) is 0 Å². The van der Waals surface area contributed by atoms with Gasteiger partial charge in [-0.3, -0.25) is 4.79 Å². The van der Waals surface area contributed by atoms with E-state index in [9.17, 15) is 4.79 Å². The van der Waals surface area contributed by atoms with Crippen LogP contribution in [0.3, 0.4) is 0 Å². The number of nitrogens with zero attached hydrogens (tertiary/aromatic N) is 2. The Hall–Kier alpha value is -1.85. The molecule has 0 radical (unpaired) electrons. The maximum absolute atomic E-state index is 12.3. The number of nitrogens with two attached hydrogens (primary N) is 1. The number of carbonyl (C=O) groups is 1. The molecule has 1 heterocycles. The van der Waals surface area contributed by atoms with Crippen molar-refractivity contribution in [2.24, 2.45) is 0 Å². The van der Waals surface area contributed by atoms with Gasteiger partial charge in [0.05, 0.1) is 27.6 Å². The summed E-state index contributed by atoms with van der Waals surface area (Å²) in [5.41, 5.74) is 6.39. The van der Waals surface area contributed by atoms with Crippen LogP contribution in [0.1, 0.15) is 36.1 Å². The molecule has 2 rings (SSSR count). The first kappa shape index (κ1) is 15.5. The molecule has 2 aromatic rings. The van der Waals surface area contributed by atoms with E-state index in [1.54, 1.807) is 18.2 Å². The lowest BCUT2D eigenvalue weighted by Gasteiger charge is -2.11. The zero-order chi connectivity index (χ0) is 15.6. The van der Waals surface area contributed by atoms with Crippen LogP contribution < -0.4 is 11.1 Å². The van der Waals surface area contributed by atoms with Crippen LogP contribution >= 0.6 is 23.2 Å². The minimum Gasteiger partial charge on any atom is -0.396 e. The SMILES string of the molecule is CC(C)c1ncc(N)c(C(=O)Nc2c(Cl)cccc2Cl)n1. The molecule has 0 atom stereocenters. The fourth-order valence-electron chi connectivity index (χ4n) is 1.65. The molecule has 7 heteroatoms. The zero-order valence-corrected chi connectivity index (χ0v) is 13.0. The third-order valence-corrected chi connectivity index (χ3v) is 3.40. The van der Waals surface area contributed by atoms with Crippen LogP contribution in [0.2, 0.25) is 10.0 Å². The standard InChI is InChI=1S/C14H14Cl2N4O/c1-7(2)13-18-6-10(17)12(19-13)14(21)20-11-8(15)4-3-5-9(11)16/h3-7H,17H2,1-2H3,(H,20,21). The van der Waals surface area contributed by atoms with Gasteiger partial charge in [-0.05, 0) is 12.1 Å². The number of carbonyl (C=O) groups excluding carboxylic acids is 1. The quantitative estimate of drug-likeness (QED) is 0.901. The lowest BCUT2D eigenvalue weighted by Crippen LogP contribution is -2.18. The maximum Gasteiger partial charge on any atom is 0.276 e. The Kier molecular flexibility index (Phi) is 4.65. The Morgan fingerprint density at radius 2 is 1.90 bits per heavy atom. The lowest BCUT2D eigenvalue weighted by molar-refractivity contribution is 0.102. The Morgan fingerprint density at radius 1 is 1.29 bits per heavy atom. The van der Waals surface area contributed by atoms with E-state index in [2.05, 4.69) is 15.3 Å². The van der Waals surface area contributed by atoms with Gasteiger partial charge in [0.15, 0.2) is 5.69 Å². The molecule has 1 aromatic carbocycles. The topological polar surface area (TPSA) is 80.9 Å². The van der Waals surface area contributed by atoms with Crippen molar-refractivity contribution in [3.8, 4) is 0 Å². The minimum absolute atomic E-state index is 0.0843.